The quantitative estimate of drug-likeness (QED) is 0.706. The molecule has 0 radical (unpaired) electrons. The van der Waals surface area contributed by atoms with Gasteiger partial charge in [-0.3, -0.25) is 4.79 Å². The average molecular weight is 265 g/mol. The number of aliphatic hydroxyl groups excluding tert-OH is 1. The predicted molar refractivity (Wildman–Crippen MR) is 75.2 cm³/mol. The number of carbonyl (C=O) groups excluding carboxylic acids is 1. The normalized spacial score (nSPS) is 11.9. The topological polar surface area (TPSA) is 58.6 Å². The van der Waals surface area contributed by atoms with E-state index in [9.17, 15) is 4.79 Å². The summed E-state index contributed by atoms with van der Waals surface area (Å²) in [6.45, 7) is 4.43. The fraction of sp³-hybridized carbons (Fsp3) is 0.533. The van der Waals surface area contributed by atoms with Crippen LogP contribution >= 0.6 is 0 Å². The molecule has 0 saturated heterocycles. The highest BCUT2D eigenvalue weighted by Gasteiger charge is 2.03. The van der Waals surface area contributed by atoms with Crippen molar-refractivity contribution in [2.24, 2.45) is 0 Å². The lowest BCUT2D eigenvalue weighted by atomic mass is 10.2. The third-order valence-corrected chi connectivity index (χ3v) is 2.82. The van der Waals surface area contributed by atoms with Gasteiger partial charge < -0.3 is 15.2 Å². The zero-order valence-electron chi connectivity index (χ0n) is 11.7. The highest BCUT2D eigenvalue weighted by atomic mass is 16.5. The smallest absolute Gasteiger partial charge is 0.257 e. The maximum absolute atomic E-state index is 11.5. The summed E-state index contributed by atoms with van der Waals surface area (Å²) in [5.41, 5.74) is 1.25. The molecule has 1 atom stereocenters. The Morgan fingerprint density at radius 1 is 1.37 bits per heavy atom. The molecule has 1 aromatic rings. The van der Waals surface area contributed by atoms with Crippen LogP contribution in [0.15, 0.2) is 24.3 Å². The summed E-state index contributed by atoms with van der Waals surface area (Å²) in [5, 5.41) is 11.8. The standard InChI is InChI=1S/C15H23NO3/c1-3-13-6-8-14(9-7-13)19-11-15(18)16-10-4-5-12(2)17/h6-9,12,17H,3-5,10-11H2,1-2H3,(H,16,18). The van der Waals surface area contributed by atoms with E-state index in [0.29, 0.717) is 18.7 Å². The molecule has 4 heteroatoms. The minimum atomic E-state index is -0.315. The van der Waals surface area contributed by atoms with E-state index >= 15 is 0 Å². The van der Waals surface area contributed by atoms with E-state index in [4.69, 9.17) is 9.84 Å². The Morgan fingerprint density at radius 3 is 2.63 bits per heavy atom. The van der Waals surface area contributed by atoms with Crippen LogP contribution in [0.2, 0.25) is 0 Å². The van der Waals surface area contributed by atoms with E-state index in [1.807, 2.05) is 24.3 Å². The van der Waals surface area contributed by atoms with Crippen LogP contribution < -0.4 is 10.1 Å². The number of ether oxygens (including phenoxy) is 1. The Morgan fingerprint density at radius 2 is 2.05 bits per heavy atom. The molecule has 19 heavy (non-hydrogen) atoms. The van der Waals surface area contributed by atoms with Crippen LogP contribution in [0.4, 0.5) is 0 Å². The molecule has 1 aromatic carbocycles. The summed E-state index contributed by atoms with van der Waals surface area (Å²) >= 11 is 0. The van der Waals surface area contributed by atoms with E-state index in [1.165, 1.54) is 5.56 Å². The number of aryl methyl sites for hydroxylation is 1. The molecule has 0 saturated carbocycles. The van der Waals surface area contributed by atoms with Crippen LogP contribution in [0.3, 0.4) is 0 Å². The third kappa shape index (κ3) is 6.82. The van der Waals surface area contributed by atoms with E-state index < -0.39 is 0 Å². The lowest BCUT2D eigenvalue weighted by molar-refractivity contribution is -0.123. The van der Waals surface area contributed by atoms with Crippen molar-refractivity contribution in [3.8, 4) is 5.75 Å². The van der Waals surface area contributed by atoms with Gasteiger partial charge in [0.25, 0.3) is 5.91 Å². The lowest BCUT2D eigenvalue weighted by Gasteiger charge is -2.08. The minimum absolute atomic E-state index is 0.0279. The van der Waals surface area contributed by atoms with Crippen molar-refractivity contribution in [2.75, 3.05) is 13.2 Å². The van der Waals surface area contributed by atoms with Crippen LogP contribution in [0.25, 0.3) is 0 Å². The van der Waals surface area contributed by atoms with Gasteiger partial charge in [-0.1, -0.05) is 19.1 Å². The van der Waals surface area contributed by atoms with Crippen LogP contribution in [0.5, 0.6) is 5.75 Å². The van der Waals surface area contributed by atoms with Gasteiger partial charge in [0, 0.05) is 6.54 Å². The number of hydrogen-bond donors (Lipinski definition) is 2. The average Bonchev–Trinajstić information content (AvgIpc) is 2.41. The highest BCUT2D eigenvalue weighted by Crippen LogP contribution is 2.12. The number of hydrogen-bond acceptors (Lipinski definition) is 3. The molecule has 0 spiro atoms. The van der Waals surface area contributed by atoms with Crippen molar-refractivity contribution in [3.63, 3.8) is 0 Å². The van der Waals surface area contributed by atoms with Gasteiger partial charge in [0.15, 0.2) is 6.61 Å². The van der Waals surface area contributed by atoms with Crippen molar-refractivity contribution in [1.82, 2.24) is 5.32 Å². The maximum Gasteiger partial charge on any atom is 0.257 e. The van der Waals surface area contributed by atoms with Crippen LogP contribution in [-0.4, -0.2) is 30.3 Å². The number of aliphatic hydroxyl groups is 1. The molecule has 0 heterocycles. The van der Waals surface area contributed by atoms with Crippen molar-refractivity contribution < 1.29 is 14.6 Å². The molecular formula is C15H23NO3. The number of rotatable bonds is 8. The Kier molecular flexibility index (Phi) is 6.97. The molecular weight excluding hydrogens is 242 g/mol. The molecule has 0 aliphatic heterocycles. The predicted octanol–water partition coefficient (Wildman–Crippen LogP) is 1.90. The minimum Gasteiger partial charge on any atom is -0.484 e. The fourth-order valence-corrected chi connectivity index (χ4v) is 1.65. The van der Waals surface area contributed by atoms with Crippen molar-refractivity contribution in [1.29, 1.82) is 0 Å². The monoisotopic (exact) mass is 265 g/mol. The van der Waals surface area contributed by atoms with Crippen LogP contribution in [0.1, 0.15) is 32.3 Å². The van der Waals surface area contributed by atoms with Gasteiger partial charge in [-0.05, 0) is 43.9 Å². The van der Waals surface area contributed by atoms with Crippen LogP contribution in [-0.2, 0) is 11.2 Å². The van der Waals surface area contributed by atoms with Gasteiger partial charge in [0.1, 0.15) is 5.75 Å². The van der Waals surface area contributed by atoms with E-state index in [0.717, 1.165) is 12.8 Å². The summed E-state index contributed by atoms with van der Waals surface area (Å²) in [7, 11) is 0. The van der Waals surface area contributed by atoms with Gasteiger partial charge in [-0.15, -0.1) is 0 Å². The van der Waals surface area contributed by atoms with Gasteiger partial charge >= 0.3 is 0 Å². The first kappa shape index (κ1) is 15.5. The summed E-state index contributed by atoms with van der Waals surface area (Å²) in [6.07, 6.45) is 2.14. The summed E-state index contributed by atoms with van der Waals surface area (Å²) in [5.74, 6) is 0.571. The number of benzene rings is 1. The molecule has 0 aliphatic carbocycles. The molecule has 0 bridgehead atoms. The fourth-order valence-electron chi connectivity index (χ4n) is 1.65. The molecule has 2 N–H and O–H groups in total. The molecule has 0 aliphatic rings. The molecule has 1 rings (SSSR count). The third-order valence-electron chi connectivity index (χ3n) is 2.82. The molecule has 106 valence electrons. The number of amides is 1. The zero-order chi connectivity index (χ0) is 14.1. The second kappa shape index (κ2) is 8.53. The first-order chi connectivity index (χ1) is 9.11. The van der Waals surface area contributed by atoms with Gasteiger partial charge in [0.2, 0.25) is 0 Å². The second-order valence-electron chi connectivity index (χ2n) is 4.63. The highest BCUT2D eigenvalue weighted by molar-refractivity contribution is 5.77. The van der Waals surface area contributed by atoms with Crippen molar-refractivity contribution >= 4 is 5.91 Å². The van der Waals surface area contributed by atoms with E-state index in [1.54, 1.807) is 6.92 Å². The number of carbonyl (C=O) groups is 1. The zero-order valence-corrected chi connectivity index (χ0v) is 11.7. The molecule has 1 unspecified atom stereocenters. The molecule has 1 amide bonds. The van der Waals surface area contributed by atoms with Crippen LogP contribution in [0, 0.1) is 0 Å². The Hall–Kier alpha value is -1.55. The summed E-state index contributed by atoms with van der Waals surface area (Å²) in [6, 6.07) is 7.74. The first-order valence-corrected chi connectivity index (χ1v) is 6.78. The molecule has 0 fully saturated rings. The van der Waals surface area contributed by atoms with E-state index in [-0.39, 0.29) is 18.6 Å². The van der Waals surface area contributed by atoms with Gasteiger partial charge in [-0.2, -0.15) is 0 Å². The molecule has 4 nitrogen and oxygen atoms in total. The Balaban J connectivity index is 2.18. The first-order valence-electron chi connectivity index (χ1n) is 6.78. The summed E-state index contributed by atoms with van der Waals surface area (Å²) < 4.78 is 5.38. The SMILES string of the molecule is CCc1ccc(OCC(=O)NCCCC(C)O)cc1. The summed E-state index contributed by atoms with van der Waals surface area (Å²) in [4.78, 5) is 11.5. The Labute approximate surface area is 114 Å². The Bertz CT molecular complexity index is 373. The largest absolute Gasteiger partial charge is 0.484 e. The molecule has 0 aromatic heterocycles. The maximum atomic E-state index is 11.5. The van der Waals surface area contributed by atoms with E-state index in [2.05, 4.69) is 12.2 Å². The lowest BCUT2D eigenvalue weighted by Crippen LogP contribution is -2.30. The second-order valence-corrected chi connectivity index (χ2v) is 4.63. The van der Waals surface area contributed by atoms with Crippen molar-refractivity contribution in [2.45, 2.75) is 39.2 Å². The number of nitrogens with one attached hydrogen (secondary N) is 1. The van der Waals surface area contributed by atoms with Crippen molar-refractivity contribution in [3.05, 3.63) is 29.8 Å². The van der Waals surface area contributed by atoms with Gasteiger partial charge in [-0.25, -0.2) is 0 Å². The van der Waals surface area contributed by atoms with Gasteiger partial charge in [0.05, 0.1) is 6.10 Å².